The van der Waals surface area contributed by atoms with E-state index in [1.165, 1.54) is 18.2 Å². The van der Waals surface area contributed by atoms with E-state index >= 15 is 0 Å². The minimum Gasteiger partial charge on any atom is -0.484 e. The van der Waals surface area contributed by atoms with E-state index in [2.05, 4.69) is 10.1 Å². The number of rotatable bonds is 8. The van der Waals surface area contributed by atoms with Gasteiger partial charge in [-0.15, -0.1) is 0 Å². The number of halogens is 2. The van der Waals surface area contributed by atoms with Gasteiger partial charge in [0.15, 0.2) is 6.61 Å². The van der Waals surface area contributed by atoms with Crippen LogP contribution in [0.5, 0.6) is 11.5 Å². The van der Waals surface area contributed by atoms with Crippen LogP contribution in [-0.4, -0.2) is 25.0 Å². The van der Waals surface area contributed by atoms with Crippen LogP contribution in [0.4, 0.5) is 8.78 Å². The Morgan fingerprint density at radius 3 is 2.42 bits per heavy atom. The van der Waals surface area contributed by atoms with Gasteiger partial charge in [-0.25, -0.2) is 0 Å². The molecular formula is C18H18F2N2O4. The maximum Gasteiger partial charge on any atom is 0.387 e. The van der Waals surface area contributed by atoms with E-state index in [0.717, 1.165) is 5.56 Å². The molecule has 0 aliphatic carbocycles. The second kappa shape index (κ2) is 8.80. The number of ether oxygens (including phenoxy) is 2. The number of hydrogen-bond acceptors (Lipinski definition) is 4. The average molecular weight is 364 g/mol. The summed E-state index contributed by atoms with van der Waals surface area (Å²) in [6, 6.07) is 11.9. The van der Waals surface area contributed by atoms with E-state index in [0.29, 0.717) is 11.3 Å². The minimum atomic E-state index is -2.89. The Hall–Kier alpha value is -3.16. The van der Waals surface area contributed by atoms with Gasteiger partial charge in [0.1, 0.15) is 11.5 Å². The molecule has 0 aromatic heterocycles. The van der Waals surface area contributed by atoms with Crippen molar-refractivity contribution in [1.82, 2.24) is 5.32 Å². The van der Waals surface area contributed by atoms with Crippen molar-refractivity contribution in [1.29, 1.82) is 0 Å². The number of carbonyl (C=O) groups is 2. The Kier molecular flexibility index (Phi) is 6.48. The Bertz CT molecular complexity index is 766. The van der Waals surface area contributed by atoms with Crippen LogP contribution in [-0.2, 0) is 4.79 Å². The first-order chi connectivity index (χ1) is 12.3. The molecule has 1 atom stereocenters. The lowest BCUT2D eigenvalue weighted by Gasteiger charge is -2.15. The number of nitrogens with two attached hydrogens (primary N) is 1. The molecule has 2 aromatic rings. The Labute approximate surface area is 148 Å². The molecular weight excluding hydrogens is 346 g/mol. The summed E-state index contributed by atoms with van der Waals surface area (Å²) in [4.78, 5) is 23.1. The summed E-state index contributed by atoms with van der Waals surface area (Å²) in [6.45, 7) is -1.41. The zero-order chi connectivity index (χ0) is 19.1. The molecule has 0 spiro atoms. The van der Waals surface area contributed by atoms with Crippen molar-refractivity contribution < 1.29 is 27.8 Å². The van der Waals surface area contributed by atoms with Crippen molar-refractivity contribution in [2.75, 3.05) is 6.61 Å². The molecule has 0 bridgehead atoms. The highest BCUT2D eigenvalue weighted by atomic mass is 19.3. The summed E-state index contributed by atoms with van der Waals surface area (Å²) in [5.74, 6) is -0.582. The lowest BCUT2D eigenvalue weighted by Crippen LogP contribution is -2.26. The third-order valence-corrected chi connectivity index (χ3v) is 3.43. The topological polar surface area (TPSA) is 90.6 Å². The molecule has 6 nitrogen and oxygen atoms in total. The van der Waals surface area contributed by atoms with Crippen LogP contribution < -0.4 is 20.5 Å². The number of benzene rings is 2. The number of primary amides is 1. The average Bonchev–Trinajstić information content (AvgIpc) is 2.60. The predicted octanol–water partition coefficient (Wildman–Crippen LogP) is 2.64. The number of hydrogen-bond donors (Lipinski definition) is 2. The van der Waals surface area contributed by atoms with Crippen LogP contribution in [0.15, 0.2) is 48.5 Å². The Morgan fingerprint density at radius 1 is 1.12 bits per heavy atom. The molecule has 138 valence electrons. The molecule has 3 N–H and O–H groups in total. The van der Waals surface area contributed by atoms with Crippen LogP contribution in [0.3, 0.4) is 0 Å². The highest BCUT2D eigenvalue weighted by Gasteiger charge is 2.13. The summed E-state index contributed by atoms with van der Waals surface area (Å²) in [5.41, 5.74) is 6.08. The van der Waals surface area contributed by atoms with Crippen LogP contribution in [0.25, 0.3) is 0 Å². The van der Waals surface area contributed by atoms with Gasteiger partial charge in [0.25, 0.3) is 11.8 Å². The molecule has 0 fully saturated rings. The summed E-state index contributed by atoms with van der Waals surface area (Å²) >= 11 is 0. The van der Waals surface area contributed by atoms with Gasteiger partial charge in [-0.1, -0.05) is 18.2 Å². The summed E-state index contributed by atoms with van der Waals surface area (Å²) in [7, 11) is 0. The highest BCUT2D eigenvalue weighted by Crippen LogP contribution is 2.20. The van der Waals surface area contributed by atoms with E-state index in [9.17, 15) is 18.4 Å². The fourth-order valence-corrected chi connectivity index (χ4v) is 2.18. The second-order valence-corrected chi connectivity index (χ2v) is 5.43. The lowest BCUT2D eigenvalue weighted by molar-refractivity contribution is -0.119. The fourth-order valence-electron chi connectivity index (χ4n) is 2.18. The molecule has 0 heterocycles. The molecule has 2 aromatic carbocycles. The van der Waals surface area contributed by atoms with Crippen molar-refractivity contribution in [3.05, 3.63) is 59.7 Å². The molecule has 26 heavy (non-hydrogen) atoms. The van der Waals surface area contributed by atoms with Crippen LogP contribution >= 0.6 is 0 Å². The van der Waals surface area contributed by atoms with Gasteiger partial charge in [0, 0.05) is 5.56 Å². The van der Waals surface area contributed by atoms with Crippen LogP contribution in [0.2, 0.25) is 0 Å². The molecule has 8 heteroatoms. The van der Waals surface area contributed by atoms with Gasteiger partial charge < -0.3 is 20.5 Å². The lowest BCUT2D eigenvalue weighted by atomic mass is 10.1. The zero-order valence-electron chi connectivity index (χ0n) is 13.9. The molecule has 0 radical (unpaired) electrons. The van der Waals surface area contributed by atoms with Crippen molar-refractivity contribution >= 4 is 11.8 Å². The molecule has 1 unspecified atom stereocenters. The first kappa shape index (κ1) is 19.2. The minimum absolute atomic E-state index is 0.0431. The Balaban J connectivity index is 2.00. The molecule has 2 rings (SSSR count). The first-order valence-corrected chi connectivity index (χ1v) is 7.72. The van der Waals surface area contributed by atoms with Gasteiger partial charge in [-0.3, -0.25) is 9.59 Å². The monoisotopic (exact) mass is 364 g/mol. The third-order valence-electron chi connectivity index (χ3n) is 3.43. The summed E-state index contributed by atoms with van der Waals surface area (Å²) in [5, 5.41) is 2.79. The standard InChI is InChI=1S/C18H18F2N2O4/c1-11(12-5-7-14(8-6-12)26-18(19)20)22-17(24)13-3-2-4-15(9-13)25-10-16(21)23/h2-9,11,18H,10H2,1H3,(H2,21,23)(H,22,24). The first-order valence-electron chi connectivity index (χ1n) is 7.72. The largest absolute Gasteiger partial charge is 0.484 e. The Morgan fingerprint density at radius 2 is 1.81 bits per heavy atom. The number of amides is 2. The van der Waals surface area contributed by atoms with Gasteiger partial charge in [-0.05, 0) is 42.8 Å². The quantitative estimate of drug-likeness (QED) is 0.753. The maximum atomic E-state index is 12.3. The van der Waals surface area contributed by atoms with Crippen molar-refractivity contribution in [2.45, 2.75) is 19.6 Å². The normalized spacial score (nSPS) is 11.7. The number of nitrogens with one attached hydrogen (secondary N) is 1. The third kappa shape index (κ3) is 5.73. The van der Waals surface area contributed by atoms with Crippen molar-refractivity contribution in [3.8, 4) is 11.5 Å². The molecule has 0 aliphatic rings. The van der Waals surface area contributed by atoms with Gasteiger partial charge in [0.05, 0.1) is 6.04 Å². The van der Waals surface area contributed by atoms with Crippen LogP contribution in [0, 0.1) is 0 Å². The highest BCUT2D eigenvalue weighted by molar-refractivity contribution is 5.94. The number of carbonyl (C=O) groups excluding carboxylic acids is 2. The van der Waals surface area contributed by atoms with E-state index in [-0.39, 0.29) is 24.3 Å². The molecule has 0 aliphatic heterocycles. The fraction of sp³-hybridized carbons (Fsp3) is 0.222. The van der Waals surface area contributed by atoms with E-state index in [1.807, 2.05) is 0 Å². The van der Waals surface area contributed by atoms with Gasteiger partial charge in [-0.2, -0.15) is 8.78 Å². The molecule has 0 saturated heterocycles. The SMILES string of the molecule is CC(NC(=O)c1cccc(OCC(N)=O)c1)c1ccc(OC(F)F)cc1. The second-order valence-electron chi connectivity index (χ2n) is 5.43. The number of alkyl halides is 2. The van der Waals surface area contributed by atoms with Crippen LogP contribution in [0.1, 0.15) is 28.9 Å². The summed E-state index contributed by atoms with van der Waals surface area (Å²) in [6.07, 6.45) is 0. The zero-order valence-corrected chi connectivity index (χ0v) is 13.9. The van der Waals surface area contributed by atoms with E-state index in [1.54, 1.807) is 37.3 Å². The van der Waals surface area contributed by atoms with Crippen molar-refractivity contribution in [3.63, 3.8) is 0 Å². The smallest absolute Gasteiger partial charge is 0.387 e. The summed E-state index contributed by atoms with van der Waals surface area (Å²) < 4.78 is 33.8. The van der Waals surface area contributed by atoms with E-state index in [4.69, 9.17) is 10.5 Å². The molecule has 2 amide bonds. The predicted molar refractivity (Wildman–Crippen MR) is 90.1 cm³/mol. The van der Waals surface area contributed by atoms with Gasteiger partial charge in [0.2, 0.25) is 0 Å². The molecule has 0 saturated carbocycles. The van der Waals surface area contributed by atoms with E-state index < -0.39 is 12.5 Å². The van der Waals surface area contributed by atoms with Gasteiger partial charge >= 0.3 is 6.61 Å². The maximum absolute atomic E-state index is 12.3. The van der Waals surface area contributed by atoms with Crippen molar-refractivity contribution in [2.24, 2.45) is 5.73 Å².